The summed E-state index contributed by atoms with van der Waals surface area (Å²) >= 11 is 0. The van der Waals surface area contributed by atoms with Gasteiger partial charge in [-0.15, -0.1) is 10.2 Å². The lowest BCUT2D eigenvalue weighted by Gasteiger charge is -2.01. The van der Waals surface area contributed by atoms with Crippen LogP contribution >= 0.6 is 0 Å². The fraction of sp³-hybridized carbons (Fsp3) is 0.100. The Hall–Kier alpha value is -2.37. The van der Waals surface area contributed by atoms with Crippen LogP contribution in [0.25, 0.3) is 0 Å². The second-order valence-corrected chi connectivity index (χ2v) is 2.93. The van der Waals surface area contributed by atoms with Crippen molar-refractivity contribution in [2.75, 3.05) is 0 Å². The van der Waals surface area contributed by atoms with Crippen molar-refractivity contribution in [3.05, 3.63) is 42.0 Å². The average molecular weight is 220 g/mol. The molecule has 2 rings (SSSR count). The first-order valence-corrected chi connectivity index (χ1v) is 4.48. The smallest absolute Gasteiger partial charge is 0.356 e. The van der Waals surface area contributed by atoms with E-state index >= 15 is 0 Å². The Labute approximate surface area is 90.5 Å². The van der Waals surface area contributed by atoms with E-state index < -0.39 is 5.97 Å². The minimum absolute atomic E-state index is 0.120. The predicted molar refractivity (Wildman–Crippen MR) is 52.0 cm³/mol. The number of ether oxygens (including phenoxy) is 1. The summed E-state index contributed by atoms with van der Waals surface area (Å²) in [5.41, 5.74) is -0.120. The molecule has 0 aliphatic carbocycles. The highest BCUT2D eigenvalue weighted by atomic mass is 16.5. The number of hydrogen-bond donors (Lipinski definition) is 1. The second kappa shape index (κ2) is 4.43. The van der Waals surface area contributed by atoms with Gasteiger partial charge in [0.2, 0.25) is 5.88 Å². The molecular weight excluding hydrogens is 212 g/mol. The molecule has 0 unspecified atom stereocenters. The van der Waals surface area contributed by atoms with E-state index in [1.807, 2.05) is 0 Å². The second-order valence-electron chi connectivity index (χ2n) is 2.93. The van der Waals surface area contributed by atoms with Gasteiger partial charge in [-0.25, -0.2) is 4.79 Å². The SMILES string of the molecule is O=C(O)c1ccc(OCc2ccco2)nn1. The molecule has 0 fully saturated rings. The molecule has 16 heavy (non-hydrogen) atoms. The molecule has 1 N–H and O–H groups in total. The van der Waals surface area contributed by atoms with Crippen LogP contribution in [0.15, 0.2) is 34.9 Å². The van der Waals surface area contributed by atoms with Crippen LogP contribution in [0.1, 0.15) is 16.2 Å². The monoisotopic (exact) mass is 220 g/mol. The molecule has 0 amide bonds. The van der Waals surface area contributed by atoms with Gasteiger partial charge in [-0.3, -0.25) is 0 Å². The number of carboxylic acids is 1. The number of rotatable bonds is 4. The third kappa shape index (κ3) is 2.35. The molecule has 6 heteroatoms. The molecule has 82 valence electrons. The van der Waals surface area contributed by atoms with E-state index in [-0.39, 0.29) is 18.2 Å². The number of aromatic nitrogens is 2. The molecule has 0 atom stereocenters. The van der Waals surface area contributed by atoms with E-state index in [2.05, 4.69) is 10.2 Å². The third-order valence-electron chi connectivity index (χ3n) is 1.80. The lowest BCUT2D eigenvalue weighted by molar-refractivity contribution is 0.0689. The van der Waals surface area contributed by atoms with Crippen molar-refractivity contribution < 1.29 is 19.1 Å². The van der Waals surface area contributed by atoms with Gasteiger partial charge >= 0.3 is 5.97 Å². The van der Waals surface area contributed by atoms with E-state index in [9.17, 15) is 4.79 Å². The summed E-state index contributed by atoms with van der Waals surface area (Å²) in [6.07, 6.45) is 1.54. The first-order chi connectivity index (χ1) is 7.75. The van der Waals surface area contributed by atoms with E-state index in [4.69, 9.17) is 14.3 Å². The number of carbonyl (C=O) groups is 1. The van der Waals surface area contributed by atoms with Crippen molar-refractivity contribution in [2.24, 2.45) is 0 Å². The zero-order valence-corrected chi connectivity index (χ0v) is 8.16. The van der Waals surface area contributed by atoms with Gasteiger partial charge in [0.15, 0.2) is 5.69 Å². The summed E-state index contributed by atoms with van der Waals surface area (Å²) in [5.74, 6) is -0.212. The molecule has 0 aliphatic rings. The molecule has 0 spiro atoms. The van der Waals surface area contributed by atoms with Gasteiger partial charge in [0.1, 0.15) is 12.4 Å². The topological polar surface area (TPSA) is 85.5 Å². The third-order valence-corrected chi connectivity index (χ3v) is 1.80. The molecule has 0 radical (unpaired) electrons. The van der Waals surface area contributed by atoms with Gasteiger partial charge in [-0.2, -0.15) is 0 Å². The molecule has 0 bridgehead atoms. The number of carboxylic acid groups (broad SMARTS) is 1. The average Bonchev–Trinajstić information content (AvgIpc) is 2.80. The van der Waals surface area contributed by atoms with Crippen LogP contribution < -0.4 is 4.74 Å². The Bertz CT molecular complexity index is 464. The van der Waals surface area contributed by atoms with Gasteiger partial charge in [0, 0.05) is 6.07 Å². The number of nitrogens with zero attached hydrogens (tertiary/aromatic N) is 2. The molecule has 2 aromatic rings. The fourth-order valence-corrected chi connectivity index (χ4v) is 1.05. The quantitative estimate of drug-likeness (QED) is 0.836. The van der Waals surface area contributed by atoms with E-state index in [1.165, 1.54) is 18.4 Å². The highest BCUT2D eigenvalue weighted by Gasteiger charge is 2.05. The highest BCUT2D eigenvalue weighted by Crippen LogP contribution is 2.08. The fourth-order valence-electron chi connectivity index (χ4n) is 1.05. The molecule has 0 aromatic carbocycles. The van der Waals surface area contributed by atoms with E-state index in [1.54, 1.807) is 12.1 Å². The summed E-state index contributed by atoms with van der Waals surface area (Å²) in [4.78, 5) is 10.5. The summed E-state index contributed by atoms with van der Waals surface area (Å²) in [6.45, 7) is 0.230. The molecule has 2 aromatic heterocycles. The van der Waals surface area contributed by atoms with Crippen LogP contribution in [0.3, 0.4) is 0 Å². The zero-order chi connectivity index (χ0) is 11.4. The van der Waals surface area contributed by atoms with Crippen LogP contribution in [-0.4, -0.2) is 21.3 Å². The standard InChI is InChI=1S/C10H8N2O4/c13-10(14)8-3-4-9(12-11-8)16-6-7-2-1-5-15-7/h1-5H,6H2,(H,13,14). The first-order valence-electron chi connectivity index (χ1n) is 4.48. The Balaban J connectivity index is 1.98. The maximum Gasteiger partial charge on any atom is 0.356 e. The summed E-state index contributed by atoms with van der Waals surface area (Å²) in [5, 5.41) is 15.7. The maximum atomic E-state index is 10.5. The van der Waals surface area contributed by atoms with Crippen molar-refractivity contribution in [1.82, 2.24) is 10.2 Å². The van der Waals surface area contributed by atoms with Gasteiger partial charge in [0.05, 0.1) is 6.26 Å². The molecule has 6 nitrogen and oxygen atoms in total. The van der Waals surface area contributed by atoms with E-state index in [0.29, 0.717) is 5.76 Å². The lowest BCUT2D eigenvalue weighted by atomic mass is 10.4. The van der Waals surface area contributed by atoms with Crippen LogP contribution in [0, 0.1) is 0 Å². The van der Waals surface area contributed by atoms with Crippen LogP contribution in [0.2, 0.25) is 0 Å². The maximum absolute atomic E-state index is 10.5. The van der Waals surface area contributed by atoms with Crippen LogP contribution in [0.5, 0.6) is 5.88 Å². The number of furan rings is 1. The minimum atomic E-state index is -1.12. The highest BCUT2D eigenvalue weighted by molar-refractivity contribution is 5.84. The van der Waals surface area contributed by atoms with Crippen LogP contribution in [0.4, 0.5) is 0 Å². The molecule has 0 saturated heterocycles. The van der Waals surface area contributed by atoms with Gasteiger partial charge in [-0.1, -0.05) is 0 Å². The van der Waals surface area contributed by atoms with E-state index in [0.717, 1.165) is 0 Å². The van der Waals surface area contributed by atoms with Crippen molar-refractivity contribution >= 4 is 5.97 Å². The van der Waals surface area contributed by atoms with Crippen molar-refractivity contribution in [2.45, 2.75) is 6.61 Å². The van der Waals surface area contributed by atoms with Crippen molar-refractivity contribution in [1.29, 1.82) is 0 Å². The number of aromatic carboxylic acids is 1. The van der Waals surface area contributed by atoms with Crippen molar-refractivity contribution in [3.8, 4) is 5.88 Å². The lowest BCUT2D eigenvalue weighted by Crippen LogP contribution is -2.03. The van der Waals surface area contributed by atoms with Crippen LogP contribution in [-0.2, 0) is 6.61 Å². The molecular formula is C10H8N2O4. The summed E-state index contributed by atoms with van der Waals surface area (Å²) in [7, 11) is 0. The Morgan fingerprint density at radius 1 is 1.38 bits per heavy atom. The Morgan fingerprint density at radius 2 is 2.25 bits per heavy atom. The summed E-state index contributed by atoms with van der Waals surface area (Å²) in [6, 6.07) is 6.28. The van der Waals surface area contributed by atoms with Crippen molar-refractivity contribution in [3.63, 3.8) is 0 Å². The molecule has 0 saturated carbocycles. The Morgan fingerprint density at radius 3 is 2.81 bits per heavy atom. The minimum Gasteiger partial charge on any atom is -0.476 e. The Kier molecular flexibility index (Phi) is 2.81. The largest absolute Gasteiger partial charge is 0.476 e. The predicted octanol–water partition coefficient (Wildman–Crippen LogP) is 1.35. The normalized spacial score (nSPS) is 10.0. The van der Waals surface area contributed by atoms with Gasteiger partial charge in [-0.05, 0) is 18.2 Å². The molecule has 0 aliphatic heterocycles. The zero-order valence-electron chi connectivity index (χ0n) is 8.16. The molecule has 2 heterocycles. The summed E-state index contributed by atoms with van der Waals surface area (Å²) < 4.78 is 10.3. The van der Waals surface area contributed by atoms with Gasteiger partial charge in [0.25, 0.3) is 0 Å². The van der Waals surface area contributed by atoms with Gasteiger partial charge < -0.3 is 14.3 Å². The first kappa shape index (κ1) is 10.2. The number of hydrogen-bond acceptors (Lipinski definition) is 5.